The third-order valence-electron chi connectivity index (χ3n) is 4.41. The molecule has 0 atom stereocenters. The Kier molecular flexibility index (Phi) is 4.33. The van der Waals surface area contributed by atoms with Gasteiger partial charge in [-0.25, -0.2) is 17.4 Å². The number of benzene rings is 2. The number of carbonyl (C=O) groups is 1. The van der Waals surface area contributed by atoms with E-state index in [1.165, 1.54) is 42.6 Å². The van der Waals surface area contributed by atoms with Gasteiger partial charge in [-0.2, -0.15) is 0 Å². The summed E-state index contributed by atoms with van der Waals surface area (Å²) in [5.74, 6) is -0.410. The summed E-state index contributed by atoms with van der Waals surface area (Å²) in [6, 6.07) is 17.0. The number of aliphatic hydroxyl groups is 1. The topological polar surface area (TPSA) is 89.3 Å². The summed E-state index contributed by atoms with van der Waals surface area (Å²) < 4.78 is 27.5. The van der Waals surface area contributed by atoms with E-state index in [-0.39, 0.29) is 16.5 Å². The second-order valence-electron chi connectivity index (χ2n) is 6.32. The smallest absolute Gasteiger partial charge is 0.269 e. The maximum atomic E-state index is 13.2. The molecule has 0 saturated carbocycles. The van der Waals surface area contributed by atoms with Crippen LogP contribution in [0.15, 0.2) is 96.1 Å². The molecule has 0 spiro atoms. The van der Waals surface area contributed by atoms with Gasteiger partial charge in [0, 0.05) is 11.8 Å². The molecule has 0 fully saturated rings. The van der Waals surface area contributed by atoms with E-state index < -0.39 is 15.6 Å². The lowest BCUT2D eigenvalue weighted by Gasteiger charge is -2.22. The molecular formula is C21H16N2O4S. The summed E-state index contributed by atoms with van der Waals surface area (Å²) in [5, 5.41) is 11.0. The number of hydrogen-bond donors (Lipinski definition) is 1. The zero-order chi connectivity index (χ0) is 19.8. The molecule has 1 aliphatic rings. The summed E-state index contributed by atoms with van der Waals surface area (Å²) in [5.41, 5.74) is -0.737. The maximum Gasteiger partial charge on any atom is 0.269 e. The molecule has 28 heavy (non-hydrogen) atoms. The molecule has 0 aliphatic heterocycles. The minimum Gasteiger partial charge on any atom is -0.374 e. The first-order chi connectivity index (χ1) is 13.4. The van der Waals surface area contributed by atoms with Crippen molar-refractivity contribution >= 4 is 15.8 Å². The molecule has 0 amide bonds. The van der Waals surface area contributed by atoms with E-state index in [1.807, 2.05) is 18.2 Å². The molecule has 7 heteroatoms. The molecule has 2 aromatic carbocycles. The van der Waals surface area contributed by atoms with E-state index in [0.717, 1.165) is 3.97 Å². The van der Waals surface area contributed by atoms with Crippen LogP contribution in [0.5, 0.6) is 0 Å². The van der Waals surface area contributed by atoms with E-state index in [9.17, 15) is 18.3 Å². The van der Waals surface area contributed by atoms with Crippen LogP contribution in [0.2, 0.25) is 0 Å². The van der Waals surface area contributed by atoms with Gasteiger partial charge in [-0.15, -0.1) is 0 Å². The standard InChI is InChI=1S/C21H16N2O4S/c24-17-11-13-21(25,14-12-17)20-22-19(16-7-3-1-4-8-16)15-23(20)28(26,27)18-9-5-2-6-10-18/h1-15,25H. The van der Waals surface area contributed by atoms with Gasteiger partial charge in [-0.05, 0) is 36.4 Å². The van der Waals surface area contributed by atoms with Crippen LogP contribution in [-0.2, 0) is 20.4 Å². The predicted octanol–water partition coefficient (Wildman–Crippen LogP) is 2.67. The molecule has 3 aromatic rings. The first-order valence-electron chi connectivity index (χ1n) is 8.51. The monoisotopic (exact) mass is 392 g/mol. The molecule has 0 saturated heterocycles. The zero-order valence-electron chi connectivity index (χ0n) is 14.6. The zero-order valence-corrected chi connectivity index (χ0v) is 15.5. The highest BCUT2D eigenvalue weighted by atomic mass is 32.2. The number of nitrogens with zero attached hydrogens (tertiary/aromatic N) is 2. The number of rotatable bonds is 4. The summed E-state index contributed by atoms with van der Waals surface area (Å²) in [6.45, 7) is 0. The SMILES string of the molecule is O=C1C=CC(O)(c2nc(-c3ccccc3)cn2S(=O)(=O)c2ccccc2)C=C1. The largest absolute Gasteiger partial charge is 0.374 e. The van der Waals surface area contributed by atoms with Crippen molar-refractivity contribution in [1.82, 2.24) is 8.96 Å². The fourth-order valence-electron chi connectivity index (χ4n) is 2.95. The molecule has 0 unspecified atom stereocenters. The number of ketones is 1. The molecule has 1 heterocycles. The number of hydrogen-bond acceptors (Lipinski definition) is 5. The van der Waals surface area contributed by atoms with Crippen LogP contribution in [-0.4, -0.2) is 28.3 Å². The van der Waals surface area contributed by atoms with E-state index in [0.29, 0.717) is 11.3 Å². The minimum atomic E-state index is -4.02. The van der Waals surface area contributed by atoms with Crippen LogP contribution >= 0.6 is 0 Å². The van der Waals surface area contributed by atoms with E-state index in [1.54, 1.807) is 30.3 Å². The fourth-order valence-corrected chi connectivity index (χ4v) is 4.33. The first kappa shape index (κ1) is 18.1. The molecule has 1 N–H and O–H groups in total. The van der Waals surface area contributed by atoms with Gasteiger partial charge in [0.25, 0.3) is 10.0 Å². The van der Waals surface area contributed by atoms with Crippen molar-refractivity contribution in [2.45, 2.75) is 10.5 Å². The normalized spacial score (nSPS) is 15.7. The molecule has 140 valence electrons. The van der Waals surface area contributed by atoms with Gasteiger partial charge in [0.15, 0.2) is 17.2 Å². The average Bonchev–Trinajstić information content (AvgIpc) is 3.19. The molecule has 0 bridgehead atoms. The summed E-state index contributed by atoms with van der Waals surface area (Å²) in [4.78, 5) is 16.0. The number of aromatic nitrogens is 2. The van der Waals surface area contributed by atoms with Crippen LogP contribution in [0.3, 0.4) is 0 Å². The lowest BCUT2D eigenvalue weighted by molar-refractivity contribution is -0.110. The van der Waals surface area contributed by atoms with E-state index in [4.69, 9.17) is 0 Å². The third-order valence-corrected chi connectivity index (χ3v) is 6.07. The van der Waals surface area contributed by atoms with Gasteiger partial charge in [-0.3, -0.25) is 4.79 Å². The highest BCUT2D eigenvalue weighted by Crippen LogP contribution is 2.32. The molecule has 6 nitrogen and oxygen atoms in total. The summed E-state index contributed by atoms with van der Waals surface area (Å²) in [7, 11) is -4.02. The Hall–Kier alpha value is -3.29. The molecule has 1 aliphatic carbocycles. The summed E-state index contributed by atoms with van der Waals surface area (Å²) in [6.07, 6.45) is 6.24. The number of allylic oxidation sites excluding steroid dienone is 2. The Morgan fingerprint density at radius 2 is 1.46 bits per heavy atom. The second kappa shape index (κ2) is 6.70. The van der Waals surface area contributed by atoms with Crippen molar-refractivity contribution in [3.63, 3.8) is 0 Å². The van der Waals surface area contributed by atoms with Crippen molar-refractivity contribution in [2.75, 3.05) is 0 Å². The van der Waals surface area contributed by atoms with Crippen LogP contribution in [0, 0.1) is 0 Å². The summed E-state index contributed by atoms with van der Waals surface area (Å²) >= 11 is 0. The average molecular weight is 392 g/mol. The minimum absolute atomic E-state index is 0.0664. The Balaban J connectivity index is 1.95. The van der Waals surface area contributed by atoms with Gasteiger partial charge in [0.2, 0.25) is 0 Å². The van der Waals surface area contributed by atoms with Crippen LogP contribution in [0.4, 0.5) is 0 Å². The highest BCUT2D eigenvalue weighted by molar-refractivity contribution is 7.90. The van der Waals surface area contributed by atoms with Crippen molar-refractivity contribution in [3.8, 4) is 11.3 Å². The molecule has 0 radical (unpaired) electrons. The highest BCUT2D eigenvalue weighted by Gasteiger charge is 2.35. The van der Waals surface area contributed by atoms with Crippen molar-refractivity contribution in [1.29, 1.82) is 0 Å². The number of carbonyl (C=O) groups excluding carboxylic acids is 1. The Morgan fingerprint density at radius 3 is 2.07 bits per heavy atom. The Labute approximate surface area is 162 Å². The lowest BCUT2D eigenvalue weighted by atomic mass is 9.97. The molecule has 4 rings (SSSR count). The van der Waals surface area contributed by atoms with E-state index in [2.05, 4.69) is 4.98 Å². The lowest BCUT2D eigenvalue weighted by Crippen LogP contribution is -2.30. The molecular weight excluding hydrogens is 376 g/mol. The van der Waals surface area contributed by atoms with Crippen molar-refractivity contribution in [2.24, 2.45) is 0 Å². The third kappa shape index (κ3) is 3.11. The quantitative estimate of drug-likeness (QED) is 0.737. The Bertz CT molecular complexity index is 1180. The van der Waals surface area contributed by atoms with Gasteiger partial charge >= 0.3 is 0 Å². The maximum absolute atomic E-state index is 13.2. The second-order valence-corrected chi connectivity index (χ2v) is 8.14. The van der Waals surface area contributed by atoms with Crippen LogP contribution < -0.4 is 0 Å². The fraction of sp³-hybridized carbons (Fsp3) is 0.0476. The van der Waals surface area contributed by atoms with Crippen molar-refractivity contribution in [3.05, 3.63) is 97.0 Å². The van der Waals surface area contributed by atoms with Crippen LogP contribution in [0.1, 0.15) is 5.82 Å². The first-order valence-corrected chi connectivity index (χ1v) is 9.95. The van der Waals surface area contributed by atoms with E-state index >= 15 is 0 Å². The van der Waals surface area contributed by atoms with Gasteiger partial charge in [0.05, 0.1) is 10.6 Å². The van der Waals surface area contributed by atoms with Gasteiger partial charge < -0.3 is 5.11 Å². The number of imidazole rings is 1. The molecule has 1 aromatic heterocycles. The Morgan fingerprint density at radius 1 is 0.893 bits per heavy atom. The predicted molar refractivity (Wildman–Crippen MR) is 104 cm³/mol. The van der Waals surface area contributed by atoms with Crippen molar-refractivity contribution < 1.29 is 18.3 Å². The van der Waals surface area contributed by atoms with Crippen LogP contribution in [0.25, 0.3) is 11.3 Å². The van der Waals surface area contributed by atoms with Gasteiger partial charge in [0.1, 0.15) is 0 Å². The van der Waals surface area contributed by atoms with Gasteiger partial charge in [-0.1, -0.05) is 48.5 Å².